The van der Waals surface area contributed by atoms with Gasteiger partial charge in [0.05, 0.1) is 4.88 Å². The van der Waals surface area contributed by atoms with E-state index in [0.717, 1.165) is 4.47 Å². The second-order valence-corrected chi connectivity index (χ2v) is 6.00. The smallest absolute Gasteiger partial charge is 0.279 e. The van der Waals surface area contributed by atoms with Crippen molar-refractivity contribution in [1.29, 1.82) is 0 Å². The largest absolute Gasteiger partial charge is 0.481 e. The molecule has 0 saturated carbocycles. The Bertz CT molecular complexity index is 631. The molecule has 0 aliphatic heterocycles. The summed E-state index contributed by atoms with van der Waals surface area (Å²) in [6.07, 6.45) is -0.733. The quantitative estimate of drug-likeness (QED) is 0.815. The maximum Gasteiger partial charge on any atom is 0.279 e. The zero-order valence-electron chi connectivity index (χ0n) is 11.1. The van der Waals surface area contributed by atoms with Crippen molar-refractivity contribution < 1.29 is 14.3 Å². The van der Waals surface area contributed by atoms with Crippen LogP contribution in [0.2, 0.25) is 0 Å². The normalized spacial score (nSPS) is 11.5. The fourth-order valence-corrected chi connectivity index (χ4v) is 2.48. The van der Waals surface area contributed by atoms with Crippen molar-refractivity contribution in [3.05, 3.63) is 51.1 Å². The third kappa shape index (κ3) is 4.57. The van der Waals surface area contributed by atoms with Gasteiger partial charge in [0.1, 0.15) is 5.75 Å². The molecule has 0 aliphatic carbocycles. The Morgan fingerprint density at radius 3 is 2.71 bits per heavy atom. The maximum absolute atomic E-state index is 11.8. The minimum atomic E-state index is -0.733. The lowest BCUT2D eigenvalue weighted by Crippen LogP contribution is -2.47. The Morgan fingerprint density at radius 2 is 2.05 bits per heavy atom. The number of hydrazine groups is 1. The maximum atomic E-state index is 11.8. The lowest BCUT2D eigenvalue weighted by atomic mass is 10.3. The number of hydrogen-bond acceptors (Lipinski definition) is 4. The molecule has 0 fully saturated rings. The van der Waals surface area contributed by atoms with Crippen LogP contribution in [0.25, 0.3) is 0 Å². The average molecular weight is 369 g/mol. The van der Waals surface area contributed by atoms with Crippen molar-refractivity contribution in [2.75, 3.05) is 0 Å². The van der Waals surface area contributed by atoms with Crippen LogP contribution < -0.4 is 15.6 Å². The second-order valence-electron chi connectivity index (χ2n) is 4.14. The van der Waals surface area contributed by atoms with E-state index in [1.165, 1.54) is 11.3 Å². The van der Waals surface area contributed by atoms with Crippen molar-refractivity contribution in [2.45, 2.75) is 13.0 Å². The van der Waals surface area contributed by atoms with Crippen molar-refractivity contribution in [1.82, 2.24) is 10.9 Å². The van der Waals surface area contributed by atoms with Crippen LogP contribution in [0.15, 0.2) is 46.3 Å². The van der Waals surface area contributed by atoms with Crippen LogP contribution in [0.1, 0.15) is 16.6 Å². The number of rotatable bonds is 4. The summed E-state index contributed by atoms with van der Waals surface area (Å²) in [6, 6.07) is 10.6. The molecule has 0 bridgehead atoms. The van der Waals surface area contributed by atoms with E-state index in [4.69, 9.17) is 4.74 Å². The third-order valence-corrected chi connectivity index (χ3v) is 3.88. The second kappa shape index (κ2) is 7.24. The Hall–Kier alpha value is -1.86. The Labute approximate surface area is 134 Å². The highest BCUT2D eigenvalue weighted by atomic mass is 79.9. The first kappa shape index (κ1) is 15.5. The van der Waals surface area contributed by atoms with Gasteiger partial charge in [0, 0.05) is 4.47 Å². The molecule has 0 saturated heterocycles. The SMILES string of the molecule is CC(Oc1cccc(Br)c1)C(=O)NNC(=O)c1cccs1. The molecule has 21 heavy (non-hydrogen) atoms. The molecule has 0 spiro atoms. The van der Waals surface area contributed by atoms with Gasteiger partial charge in [-0.15, -0.1) is 11.3 Å². The standard InChI is InChI=1S/C14H13BrN2O3S/c1-9(20-11-5-2-4-10(15)8-11)13(18)16-17-14(19)12-6-3-7-21-12/h2-9H,1H3,(H,16,18)(H,17,19). The number of carbonyl (C=O) groups excluding carboxylic acids is 2. The highest BCUT2D eigenvalue weighted by molar-refractivity contribution is 9.10. The van der Waals surface area contributed by atoms with Crippen molar-refractivity contribution in [2.24, 2.45) is 0 Å². The van der Waals surface area contributed by atoms with Gasteiger partial charge in [-0.1, -0.05) is 28.1 Å². The van der Waals surface area contributed by atoms with Crippen LogP contribution in [0.3, 0.4) is 0 Å². The lowest BCUT2D eigenvalue weighted by Gasteiger charge is -2.15. The van der Waals surface area contributed by atoms with Crippen LogP contribution in [0.4, 0.5) is 0 Å². The molecule has 1 heterocycles. The van der Waals surface area contributed by atoms with Gasteiger partial charge in [0.2, 0.25) is 0 Å². The third-order valence-electron chi connectivity index (χ3n) is 2.52. The summed E-state index contributed by atoms with van der Waals surface area (Å²) in [7, 11) is 0. The zero-order valence-corrected chi connectivity index (χ0v) is 13.5. The van der Waals surface area contributed by atoms with Gasteiger partial charge >= 0.3 is 0 Å². The molecule has 0 radical (unpaired) electrons. The first-order valence-corrected chi connectivity index (χ1v) is 7.79. The van der Waals surface area contributed by atoms with Crippen LogP contribution in [-0.4, -0.2) is 17.9 Å². The average Bonchev–Trinajstić information content (AvgIpc) is 2.98. The highest BCUT2D eigenvalue weighted by Gasteiger charge is 2.16. The molecule has 2 amide bonds. The summed E-state index contributed by atoms with van der Waals surface area (Å²) in [6.45, 7) is 1.60. The van der Waals surface area contributed by atoms with Crippen LogP contribution in [0.5, 0.6) is 5.75 Å². The minimum absolute atomic E-state index is 0.354. The van der Waals surface area contributed by atoms with E-state index in [-0.39, 0.29) is 5.91 Å². The molecule has 2 rings (SSSR count). The number of thiophene rings is 1. The molecule has 5 nitrogen and oxygen atoms in total. The monoisotopic (exact) mass is 368 g/mol. The fraction of sp³-hybridized carbons (Fsp3) is 0.143. The van der Waals surface area contributed by atoms with E-state index in [1.807, 2.05) is 12.1 Å². The summed E-state index contributed by atoms with van der Waals surface area (Å²) in [4.78, 5) is 24.0. The van der Waals surface area contributed by atoms with Gasteiger partial charge in [-0.3, -0.25) is 20.4 Å². The molecular weight excluding hydrogens is 356 g/mol. The molecule has 2 N–H and O–H groups in total. The molecule has 2 aromatic rings. The molecule has 1 aromatic heterocycles. The fourth-order valence-electron chi connectivity index (χ4n) is 1.49. The molecule has 1 unspecified atom stereocenters. The van der Waals surface area contributed by atoms with E-state index in [9.17, 15) is 9.59 Å². The highest BCUT2D eigenvalue weighted by Crippen LogP contribution is 2.18. The van der Waals surface area contributed by atoms with Gasteiger partial charge in [0.15, 0.2) is 6.10 Å². The Balaban J connectivity index is 1.84. The van der Waals surface area contributed by atoms with Crippen LogP contribution in [-0.2, 0) is 4.79 Å². The van der Waals surface area contributed by atoms with Crippen molar-refractivity contribution in [3.63, 3.8) is 0 Å². The van der Waals surface area contributed by atoms with E-state index in [2.05, 4.69) is 26.8 Å². The summed E-state index contributed by atoms with van der Waals surface area (Å²) in [5.41, 5.74) is 4.68. The van der Waals surface area contributed by atoms with Gasteiger partial charge < -0.3 is 4.74 Å². The van der Waals surface area contributed by atoms with Crippen molar-refractivity contribution >= 4 is 39.1 Å². The first-order valence-electron chi connectivity index (χ1n) is 6.12. The number of amides is 2. The van der Waals surface area contributed by atoms with Gasteiger partial charge in [-0.2, -0.15) is 0 Å². The van der Waals surface area contributed by atoms with Crippen LogP contribution in [0, 0.1) is 0 Å². The van der Waals surface area contributed by atoms with E-state index >= 15 is 0 Å². The molecule has 110 valence electrons. The molecule has 7 heteroatoms. The summed E-state index contributed by atoms with van der Waals surface area (Å²) in [5.74, 6) is -0.218. The van der Waals surface area contributed by atoms with E-state index < -0.39 is 12.0 Å². The number of halogens is 1. The number of nitrogens with one attached hydrogen (secondary N) is 2. The van der Waals surface area contributed by atoms with Gasteiger partial charge in [-0.05, 0) is 36.6 Å². The van der Waals surface area contributed by atoms with E-state index in [0.29, 0.717) is 10.6 Å². The molecule has 1 atom stereocenters. The first-order chi connectivity index (χ1) is 10.1. The number of hydrogen-bond donors (Lipinski definition) is 2. The Kier molecular flexibility index (Phi) is 5.35. The molecular formula is C14H13BrN2O3S. The Morgan fingerprint density at radius 1 is 1.24 bits per heavy atom. The van der Waals surface area contributed by atoms with Gasteiger partial charge in [-0.25, -0.2) is 0 Å². The molecule has 0 aliphatic rings. The zero-order chi connectivity index (χ0) is 15.2. The summed E-state index contributed by atoms with van der Waals surface area (Å²) >= 11 is 4.62. The van der Waals surface area contributed by atoms with Crippen molar-refractivity contribution in [3.8, 4) is 5.75 Å². The number of ether oxygens (including phenoxy) is 1. The topological polar surface area (TPSA) is 67.4 Å². The number of carbonyl (C=O) groups is 2. The number of benzene rings is 1. The molecule has 1 aromatic carbocycles. The minimum Gasteiger partial charge on any atom is -0.481 e. The van der Waals surface area contributed by atoms with E-state index in [1.54, 1.807) is 36.6 Å². The summed E-state index contributed by atoms with van der Waals surface area (Å²) in [5, 5.41) is 1.79. The predicted octanol–water partition coefficient (Wildman–Crippen LogP) is 2.74. The predicted molar refractivity (Wildman–Crippen MR) is 84.2 cm³/mol. The van der Waals surface area contributed by atoms with Gasteiger partial charge in [0.25, 0.3) is 11.8 Å². The lowest BCUT2D eigenvalue weighted by molar-refractivity contribution is -0.128. The van der Waals surface area contributed by atoms with Crippen LogP contribution >= 0.6 is 27.3 Å². The summed E-state index contributed by atoms with van der Waals surface area (Å²) < 4.78 is 6.35.